The zero-order valence-corrected chi connectivity index (χ0v) is 15.2. The fourth-order valence-corrected chi connectivity index (χ4v) is 2.96. The Morgan fingerprint density at radius 3 is 2.17 bits per heavy atom. The molecular weight excluding hydrogens is 373 g/mol. The van der Waals surface area contributed by atoms with Crippen LogP contribution in [0.4, 0.5) is 5.69 Å². The second-order valence-electron chi connectivity index (χ2n) is 4.91. The average Bonchev–Trinajstić information content (AvgIpc) is 2.50. The van der Waals surface area contributed by atoms with Gasteiger partial charge in [-0.25, -0.2) is 0 Å². The molecule has 24 heavy (non-hydrogen) atoms. The first-order chi connectivity index (χ1) is 11.3. The lowest BCUT2D eigenvalue weighted by molar-refractivity contribution is 0.101. The minimum Gasteiger partial charge on any atom is -0.491 e. The highest BCUT2D eigenvalue weighted by Gasteiger charge is 2.15. The summed E-state index contributed by atoms with van der Waals surface area (Å²) in [5.74, 6) is -0.220. The zero-order chi connectivity index (χ0) is 17.9. The smallest absolute Gasteiger partial charge is 0.255 e. The molecule has 0 aliphatic rings. The number of hydrogen-bond acceptors (Lipinski definition) is 3. The van der Waals surface area contributed by atoms with E-state index in [0.717, 1.165) is 0 Å². The molecule has 0 unspecified atom stereocenters. The minimum atomic E-state index is -0.409. The number of amides is 1. The lowest BCUT2D eigenvalue weighted by Crippen LogP contribution is -2.12. The molecule has 0 atom stereocenters. The molecule has 126 valence electrons. The quantitative estimate of drug-likeness (QED) is 0.690. The molecule has 0 heterocycles. The molecule has 7 heteroatoms. The fourth-order valence-electron chi connectivity index (χ4n) is 2.05. The summed E-state index contributed by atoms with van der Waals surface area (Å²) in [6, 6.07) is 7.60. The van der Waals surface area contributed by atoms with Crippen LogP contribution in [-0.4, -0.2) is 18.3 Å². The highest BCUT2D eigenvalue weighted by Crippen LogP contribution is 2.34. The highest BCUT2D eigenvalue weighted by atomic mass is 35.5. The van der Waals surface area contributed by atoms with Gasteiger partial charge in [-0.15, -0.1) is 0 Å². The normalized spacial score (nSPS) is 10.4. The van der Waals surface area contributed by atoms with E-state index in [-0.39, 0.29) is 26.4 Å². The van der Waals surface area contributed by atoms with Crippen LogP contribution >= 0.6 is 34.8 Å². The van der Waals surface area contributed by atoms with Gasteiger partial charge in [0.25, 0.3) is 5.91 Å². The van der Waals surface area contributed by atoms with E-state index in [0.29, 0.717) is 23.6 Å². The zero-order valence-electron chi connectivity index (χ0n) is 13.0. The van der Waals surface area contributed by atoms with E-state index in [2.05, 4.69) is 5.32 Å². The van der Waals surface area contributed by atoms with Gasteiger partial charge in [0.2, 0.25) is 0 Å². The molecule has 0 aromatic heterocycles. The Balaban J connectivity index is 2.24. The summed E-state index contributed by atoms with van der Waals surface area (Å²) in [5, 5.41) is 3.44. The number of hydrogen-bond donors (Lipinski definition) is 1. The molecule has 2 rings (SSSR count). The van der Waals surface area contributed by atoms with Gasteiger partial charge in [0.1, 0.15) is 0 Å². The van der Waals surface area contributed by atoms with Gasteiger partial charge < -0.3 is 10.1 Å². The molecule has 1 amide bonds. The van der Waals surface area contributed by atoms with Crippen molar-refractivity contribution < 1.29 is 14.3 Å². The van der Waals surface area contributed by atoms with Crippen molar-refractivity contribution in [2.75, 3.05) is 11.9 Å². The molecule has 0 fully saturated rings. The second-order valence-corrected chi connectivity index (χ2v) is 6.13. The van der Waals surface area contributed by atoms with Crippen LogP contribution in [-0.2, 0) is 0 Å². The molecule has 0 aliphatic heterocycles. The Kier molecular flexibility index (Phi) is 6.10. The number of ketones is 1. The molecule has 0 spiro atoms. The number of nitrogens with one attached hydrogen (secondary N) is 1. The van der Waals surface area contributed by atoms with Crippen molar-refractivity contribution in [3.63, 3.8) is 0 Å². The Bertz CT molecular complexity index is 783. The van der Waals surface area contributed by atoms with Gasteiger partial charge in [0.15, 0.2) is 11.5 Å². The number of benzene rings is 2. The van der Waals surface area contributed by atoms with Gasteiger partial charge in [-0.3, -0.25) is 9.59 Å². The van der Waals surface area contributed by atoms with Crippen molar-refractivity contribution in [1.82, 2.24) is 0 Å². The molecule has 0 aliphatic carbocycles. The predicted molar refractivity (Wildman–Crippen MR) is 97.0 cm³/mol. The third kappa shape index (κ3) is 4.20. The molecule has 2 aromatic rings. The predicted octanol–water partition coefficient (Wildman–Crippen LogP) is 5.50. The van der Waals surface area contributed by atoms with E-state index < -0.39 is 5.91 Å². The molecule has 0 saturated heterocycles. The van der Waals surface area contributed by atoms with Crippen molar-refractivity contribution in [3.05, 3.63) is 56.5 Å². The van der Waals surface area contributed by atoms with Crippen LogP contribution in [0.1, 0.15) is 34.6 Å². The first-order valence-electron chi connectivity index (χ1n) is 7.07. The van der Waals surface area contributed by atoms with E-state index in [1.165, 1.54) is 25.1 Å². The number of carbonyl (C=O) groups is 2. The van der Waals surface area contributed by atoms with Gasteiger partial charge in [-0.1, -0.05) is 34.8 Å². The van der Waals surface area contributed by atoms with Gasteiger partial charge in [-0.05, 0) is 44.2 Å². The van der Waals surface area contributed by atoms with Crippen molar-refractivity contribution in [1.29, 1.82) is 0 Å². The highest BCUT2D eigenvalue weighted by molar-refractivity contribution is 6.38. The SMILES string of the molecule is CCOc1c(Cl)cc(C(=O)Nc2ccc(C(C)=O)c(Cl)c2)cc1Cl. The van der Waals surface area contributed by atoms with E-state index >= 15 is 0 Å². The van der Waals surface area contributed by atoms with E-state index in [1.54, 1.807) is 12.1 Å². The average molecular weight is 387 g/mol. The number of ether oxygens (including phenoxy) is 1. The largest absolute Gasteiger partial charge is 0.491 e. The summed E-state index contributed by atoms with van der Waals surface area (Å²) in [5.41, 5.74) is 1.12. The Hall–Kier alpha value is -1.75. The summed E-state index contributed by atoms with van der Waals surface area (Å²) in [7, 11) is 0. The van der Waals surface area contributed by atoms with Gasteiger partial charge in [0, 0.05) is 16.8 Å². The van der Waals surface area contributed by atoms with Gasteiger partial charge in [-0.2, -0.15) is 0 Å². The van der Waals surface area contributed by atoms with Crippen LogP contribution < -0.4 is 10.1 Å². The van der Waals surface area contributed by atoms with Crippen LogP contribution in [0.2, 0.25) is 15.1 Å². The molecule has 4 nitrogen and oxygen atoms in total. The number of rotatable bonds is 5. The van der Waals surface area contributed by atoms with E-state index in [9.17, 15) is 9.59 Å². The third-order valence-electron chi connectivity index (χ3n) is 3.16. The van der Waals surface area contributed by atoms with E-state index in [4.69, 9.17) is 39.5 Å². The second kappa shape index (κ2) is 7.88. The summed E-state index contributed by atoms with van der Waals surface area (Å²) in [4.78, 5) is 23.7. The van der Waals surface area contributed by atoms with Gasteiger partial charge >= 0.3 is 0 Å². The number of halogens is 3. The summed E-state index contributed by atoms with van der Waals surface area (Å²) in [6.07, 6.45) is 0. The Labute approximate surface area is 154 Å². The fraction of sp³-hybridized carbons (Fsp3) is 0.176. The van der Waals surface area contributed by atoms with Crippen LogP contribution in [0.15, 0.2) is 30.3 Å². The number of anilines is 1. The monoisotopic (exact) mass is 385 g/mol. The molecule has 2 aromatic carbocycles. The van der Waals surface area contributed by atoms with Crippen molar-refractivity contribution >= 4 is 52.2 Å². The van der Waals surface area contributed by atoms with Crippen LogP contribution in [0.25, 0.3) is 0 Å². The van der Waals surface area contributed by atoms with E-state index in [1.807, 2.05) is 6.92 Å². The number of carbonyl (C=O) groups excluding carboxylic acids is 2. The molecule has 1 N–H and O–H groups in total. The standard InChI is InChI=1S/C17H14Cl3NO3/c1-3-24-16-14(19)6-10(7-15(16)20)17(23)21-11-4-5-12(9(2)22)13(18)8-11/h4-8H,3H2,1-2H3,(H,21,23). The van der Waals surface area contributed by atoms with Crippen molar-refractivity contribution in [2.24, 2.45) is 0 Å². The van der Waals surface area contributed by atoms with Crippen LogP contribution in [0.3, 0.4) is 0 Å². The summed E-state index contributed by atoms with van der Waals surface area (Å²) >= 11 is 18.2. The minimum absolute atomic E-state index is 0.150. The maximum atomic E-state index is 12.3. The summed E-state index contributed by atoms with van der Waals surface area (Å²) in [6.45, 7) is 3.64. The van der Waals surface area contributed by atoms with Crippen LogP contribution in [0, 0.1) is 0 Å². The maximum Gasteiger partial charge on any atom is 0.255 e. The molecule has 0 saturated carbocycles. The lowest BCUT2D eigenvalue weighted by atomic mass is 10.1. The topological polar surface area (TPSA) is 55.4 Å². The maximum absolute atomic E-state index is 12.3. The summed E-state index contributed by atoms with van der Waals surface area (Å²) < 4.78 is 5.33. The number of Topliss-reactive ketones (excluding diaryl/α,β-unsaturated/α-hetero) is 1. The van der Waals surface area contributed by atoms with Crippen molar-refractivity contribution in [2.45, 2.75) is 13.8 Å². The Morgan fingerprint density at radius 1 is 1.04 bits per heavy atom. The molecular formula is C17H14Cl3NO3. The molecule has 0 radical (unpaired) electrons. The first-order valence-corrected chi connectivity index (χ1v) is 8.20. The van der Waals surface area contributed by atoms with Crippen LogP contribution in [0.5, 0.6) is 5.75 Å². The molecule has 0 bridgehead atoms. The van der Waals surface area contributed by atoms with Crippen molar-refractivity contribution in [3.8, 4) is 5.75 Å². The van der Waals surface area contributed by atoms with Gasteiger partial charge in [0.05, 0.1) is 21.7 Å². The third-order valence-corrected chi connectivity index (χ3v) is 4.03. The Morgan fingerprint density at radius 2 is 1.67 bits per heavy atom. The first kappa shape index (κ1) is 18.6. The lowest BCUT2D eigenvalue weighted by Gasteiger charge is -2.11.